The molecule has 0 spiro atoms. The summed E-state index contributed by atoms with van der Waals surface area (Å²) in [7, 11) is 0. The molecular formula is C10H21Na3O13. The Bertz CT molecular complexity index is 424. The van der Waals surface area contributed by atoms with Gasteiger partial charge in [-0.2, -0.15) is 0 Å². The van der Waals surface area contributed by atoms with Gasteiger partial charge in [0, 0.05) is 0 Å². The summed E-state index contributed by atoms with van der Waals surface area (Å²) in [6, 6.07) is 0. The zero-order chi connectivity index (χ0) is 17.2. The van der Waals surface area contributed by atoms with Crippen molar-refractivity contribution in [2.45, 2.75) is 31.3 Å². The van der Waals surface area contributed by atoms with Gasteiger partial charge in [-0.05, 0) is 0 Å². The largest absolute Gasteiger partial charge is 1.00 e. The summed E-state index contributed by atoms with van der Waals surface area (Å²) in [4.78, 5) is 49.8. The summed E-state index contributed by atoms with van der Waals surface area (Å²) in [6.07, 6.45) is -2.88. The van der Waals surface area contributed by atoms with Crippen molar-refractivity contribution in [2.75, 3.05) is 0 Å². The first-order valence-corrected chi connectivity index (χ1v) is 5.23. The van der Waals surface area contributed by atoms with Gasteiger partial charge < -0.3 is 45.9 Å². The third-order valence-electron chi connectivity index (χ3n) is 1.84. The number of hydrogen-bond donors (Lipinski definition) is 6. The van der Waals surface area contributed by atoms with Crippen LogP contribution in [0.1, 0.15) is 30.0 Å². The molecule has 0 aromatic carbocycles. The zero-order valence-electron chi connectivity index (χ0n) is 17.6. The molecule has 0 radical (unpaired) electrons. The monoisotopic (exact) mass is 418 g/mol. The molecule has 26 heavy (non-hydrogen) atoms. The van der Waals surface area contributed by atoms with E-state index in [1.165, 1.54) is 0 Å². The van der Waals surface area contributed by atoms with Crippen LogP contribution in [0.3, 0.4) is 0 Å². The van der Waals surface area contributed by atoms with E-state index in [1.807, 2.05) is 0 Å². The molecule has 142 valence electrons. The predicted molar refractivity (Wildman–Crippen MR) is 72.2 cm³/mol. The van der Waals surface area contributed by atoms with E-state index in [-0.39, 0.29) is 117 Å². The Labute approximate surface area is 217 Å². The van der Waals surface area contributed by atoms with Gasteiger partial charge in [0.2, 0.25) is 0 Å². The Morgan fingerprint density at radius 3 is 0.962 bits per heavy atom. The fraction of sp³-hybridized carbons (Fsp3) is 0.500. The van der Waals surface area contributed by atoms with Gasteiger partial charge in [-0.3, -0.25) is 19.2 Å². The molecule has 0 rings (SSSR count). The van der Waals surface area contributed by atoms with E-state index in [0.717, 1.165) is 0 Å². The number of aliphatic hydroxyl groups is 1. The van der Waals surface area contributed by atoms with Crippen molar-refractivity contribution >= 4 is 29.8 Å². The zero-order valence-corrected chi connectivity index (χ0v) is 20.6. The number of carboxylic acid groups (broad SMARTS) is 5. The molecule has 0 aromatic rings. The summed E-state index contributed by atoms with van der Waals surface area (Å²) in [5, 5.41) is 49.6. The Kier molecular flexibility index (Phi) is 40.4. The second-order valence-electron chi connectivity index (χ2n) is 3.77. The number of carboxylic acids is 5. The van der Waals surface area contributed by atoms with Crippen LogP contribution in [0, 0.1) is 0 Å². The van der Waals surface area contributed by atoms with Gasteiger partial charge in [-0.25, -0.2) is 4.79 Å². The molecule has 0 aliphatic heterocycles. The van der Waals surface area contributed by atoms with Crippen molar-refractivity contribution in [3.63, 3.8) is 0 Å². The first-order valence-electron chi connectivity index (χ1n) is 5.23. The third-order valence-corrected chi connectivity index (χ3v) is 1.84. The normalized spacial score (nSPS) is 8.04. The topological polar surface area (TPSA) is 270 Å². The van der Waals surface area contributed by atoms with E-state index >= 15 is 0 Å². The predicted octanol–water partition coefficient (Wildman–Crippen LogP) is -11.6. The van der Waals surface area contributed by atoms with Gasteiger partial charge in [0.25, 0.3) is 0 Å². The van der Waals surface area contributed by atoms with Crippen LogP contribution < -0.4 is 88.7 Å². The molecule has 16 heteroatoms. The minimum Gasteiger partial charge on any atom is -1.00 e. The van der Waals surface area contributed by atoms with Crippen molar-refractivity contribution < 1.29 is 159 Å². The molecule has 0 atom stereocenters. The summed E-state index contributed by atoms with van der Waals surface area (Å²) in [5.41, 5.74) is -2.74. The molecule has 0 aromatic heterocycles. The first-order chi connectivity index (χ1) is 9.40. The van der Waals surface area contributed by atoms with E-state index in [4.69, 9.17) is 30.6 Å². The standard InChI is InChI=1S/C6H8O7.C4H6O4.3Na.2H2O.3H/c7-3(8)1-6(13,5(11)12)2-4(9)10;5-3(6)1-2-4(7)8;;;;;;;;/h13H,1-2H2,(H,7,8)(H,9,10)(H,11,12);1-2H2,(H,5,6)(H,7,8);;;;2*1H2;;;/q;;3*+1;;;3*-1. The fourth-order valence-electron chi connectivity index (χ4n) is 0.928. The van der Waals surface area contributed by atoms with Gasteiger partial charge in [-0.1, -0.05) is 0 Å². The number of aliphatic carboxylic acids is 5. The van der Waals surface area contributed by atoms with Gasteiger partial charge in [0.1, 0.15) is 0 Å². The molecule has 13 nitrogen and oxygen atoms in total. The molecule has 0 saturated heterocycles. The van der Waals surface area contributed by atoms with Crippen LogP contribution in [-0.2, 0) is 24.0 Å². The van der Waals surface area contributed by atoms with Crippen LogP contribution in [0.5, 0.6) is 0 Å². The van der Waals surface area contributed by atoms with Crippen LogP contribution in [-0.4, -0.2) is 77.0 Å². The molecular weight excluding hydrogens is 397 g/mol. The summed E-state index contributed by atoms with van der Waals surface area (Å²) < 4.78 is 0. The third kappa shape index (κ3) is 29.0. The minimum absolute atomic E-state index is 0. The Morgan fingerprint density at radius 2 is 0.846 bits per heavy atom. The average molecular weight is 418 g/mol. The maximum atomic E-state index is 10.3. The molecule has 0 unspecified atom stereocenters. The quantitative estimate of drug-likeness (QED) is 0.201. The molecule has 10 N–H and O–H groups in total. The van der Waals surface area contributed by atoms with Gasteiger partial charge in [0.15, 0.2) is 5.60 Å². The second kappa shape index (κ2) is 23.3. The molecule has 0 fully saturated rings. The van der Waals surface area contributed by atoms with Crippen LogP contribution in [0.25, 0.3) is 0 Å². The van der Waals surface area contributed by atoms with Crippen LogP contribution in [0.15, 0.2) is 0 Å². The average Bonchev–Trinajstić information content (AvgIpc) is 2.24. The van der Waals surface area contributed by atoms with Crippen molar-refractivity contribution in [3.05, 3.63) is 0 Å². The summed E-state index contributed by atoms with van der Waals surface area (Å²) in [6.45, 7) is 0. The second-order valence-corrected chi connectivity index (χ2v) is 3.77. The molecule has 0 heterocycles. The van der Waals surface area contributed by atoms with Crippen molar-refractivity contribution in [2.24, 2.45) is 0 Å². The van der Waals surface area contributed by atoms with E-state index in [2.05, 4.69) is 0 Å². The van der Waals surface area contributed by atoms with Crippen LogP contribution >= 0.6 is 0 Å². The molecule has 0 bridgehead atoms. The van der Waals surface area contributed by atoms with Gasteiger partial charge in [0.05, 0.1) is 25.7 Å². The number of carbonyl (C=O) groups is 5. The maximum absolute atomic E-state index is 10.3. The maximum Gasteiger partial charge on any atom is 1.00 e. The van der Waals surface area contributed by atoms with Crippen LogP contribution in [0.2, 0.25) is 0 Å². The van der Waals surface area contributed by atoms with E-state index in [1.54, 1.807) is 0 Å². The summed E-state index contributed by atoms with van der Waals surface area (Å²) in [5.74, 6) is -7.17. The molecule has 0 aliphatic rings. The van der Waals surface area contributed by atoms with Crippen molar-refractivity contribution in [1.82, 2.24) is 0 Å². The van der Waals surface area contributed by atoms with Crippen LogP contribution in [0.4, 0.5) is 0 Å². The minimum atomic E-state index is -2.74. The summed E-state index contributed by atoms with van der Waals surface area (Å²) >= 11 is 0. The molecule has 0 saturated carbocycles. The smallest absolute Gasteiger partial charge is 1.00 e. The van der Waals surface area contributed by atoms with Crippen molar-refractivity contribution in [1.29, 1.82) is 0 Å². The number of rotatable bonds is 8. The fourth-order valence-corrected chi connectivity index (χ4v) is 0.928. The Balaban J connectivity index is -0.0000000257. The Morgan fingerprint density at radius 1 is 0.615 bits per heavy atom. The van der Waals surface area contributed by atoms with Crippen molar-refractivity contribution in [3.8, 4) is 0 Å². The SMILES string of the molecule is O.O.O=C(O)CC(O)(CC(=O)O)C(=O)O.O=C(O)CCC(=O)O.[H-].[H-].[H-].[Na+].[Na+].[Na+]. The van der Waals surface area contributed by atoms with E-state index < -0.39 is 48.3 Å². The molecule has 0 amide bonds. The van der Waals surface area contributed by atoms with E-state index in [9.17, 15) is 24.0 Å². The van der Waals surface area contributed by atoms with E-state index in [0.29, 0.717) is 0 Å². The first kappa shape index (κ1) is 45.2. The number of hydrogen-bond acceptors (Lipinski definition) is 6. The van der Waals surface area contributed by atoms with Gasteiger partial charge >= 0.3 is 119 Å². The molecule has 0 aliphatic carbocycles. The van der Waals surface area contributed by atoms with Gasteiger partial charge in [-0.15, -0.1) is 0 Å². The Hall–Kier alpha value is 0.230.